The minimum atomic E-state index is -0.897. The van der Waals surface area contributed by atoms with Crippen LogP contribution < -0.4 is 5.32 Å². The van der Waals surface area contributed by atoms with E-state index in [1.807, 2.05) is 26.0 Å². The zero-order valence-electron chi connectivity index (χ0n) is 10.1. The lowest BCUT2D eigenvalue weighted by Gasteiger charge is -2.12. The topological polar surface area (TPSA) is 49.3 Å². The zero-order valence-corrected chi connectivity index (χ0v) is 10.9. The van der Waals surface area contributed by atoms with Crippen LogP contribution in [-0.2, 0) is 0 Å². The fourth-order valence-corrected chi connectivity index (χ4v) is 2.25. The Morgan fingerprint density at radius 3 is 2.76 bits per heavy atom. The van der Waals surface area contributed by atoms with Gasteiger partial charge in [0.2, 0.25) is 0 Å². The lowest BCUT2D eigenvalue weighted by Crippen LogP contribution is -2.09. The summed E-state index contributed by atoms with van der Waals surface area (Å²) in [6, 6.07) is 5.49. The molecular weight excluding hydrogens is 234 g/mol. The monoisotopic (exact) mass is 251 g/mol. The second-order valence-electron chi connectivity index (χ2n) is 3.73. The Bertz CT molecular complexity index is 429. The molecule has 0 atom stereocenters. The molecule has 0 aromatic heterocycles. The number of benzene rings is 1. The molecule has 0 aliphatic rings. The summed E-state index contributed by atoms with van der Waals surface area (Å²) in [6.45, 7) is 8.28. The number of anilines is 1. The Morgan fingerprint density at radius 2 is 2.24 bits per heavy atom. The number of carbonyl (C=O) groups is 1. The molecule has 2 N–H and O–H groups in total. The van der Waals surface area contributed by atoms with Crippen molar-refractivity contribution in [1.29, 1.82) is 0 Å². The maximum Gasteiger partial charge on any atom is 0.338 e. The van der Waals surface area contributed by atoms with Crippen molar-refractivity contribution in [3.8, 4) is 0 Å². The SMILES string of the molecule is C=C(C)CNc1cccc(SCC)c1C(=O)O. The van der Waals surface area contributed by atoms with Crippen LogP contribution in [0.3, 0.4) is 0 Å². The van der Waals surface area contributed by atoms with Gasteiger partial charge in [0.25, 0.3) is 0 Å². The summed E-state index contributed by atoms with van der Waals surface area (Å²) in [6.07, 6.45) is 0. The third-order valence-electron chi connectivity index (χ3n) is 2.12. The second-order valence-corrected chi connectivity index (χ2v) is 5.03. The van der Waals surface area contributed by atoms with Crippen LogP contribution in [0.4, 0.5) is 5.69 Å². The predicted octanol–water partition coefficient (Wildman–Crippen LogP) is 3.48. The van der Waals surface area contributed by atoms with Crippen LogP contribution in [-0.4, -0.2) is 23.4 Å². The van der Waals surface area contributed by atoms with Crippen molar-refractivity contribution in [2.24, 2.45) is 0 Å². The van der Waals surface area contributed by atoms with Gasteiger partial charge in [0.15, 0.2) is 0 Å². The normalized spacial score (nSPS) is 10.0. The molecule has 1 aromatic rings. The van der Waals surface area contributed by atoms with Gasteiger partial charge in [0.05, 0.1) is 11.3 Å². The molecule has 0 saturated heterocycles. The molecular formula is C13H17NO2S. The molecule has 1 rings (SSSR count). The molecule has 4 heteroatoms. The Morgan fingerprint density at radius 1 is 1.53 bits per heavy atom. The quantitative estimate of drug-likeness (QED) is 0.600. The first-order chi connectivity index (χ1) is 8.06. The van der Waals surface area contributed by atoms with E-state index in [9.17, 15) is 9.90 Å². The molecule has 92 valence electrons. The van der Waals surface area contributed by atoms with E-state index >= 15 is 0 Å². The lowest BCUT2D eigenvalue weighted by molar-refractivity contribution is 0.0694. The van der Waals surface area contributed by atoms with E-state index < -0.39 is 5.97 Å². The summed E-state index contributed by atoms with van der Waals surface area (Å²) >= 11 is 1.54. The molecule has 0 spiro atoms. The molecule has 0 saturated carbocycles. The minimum absolute atomic E-state index is 0.348. The van der Waals surface area contributed by atoms with Gasteiger partial charge < -0.3 is 10.4 Å². The van der Waals surface area contributed by atoms with E-state index in [0.29, 0.717) is 17.8 Å². The summed E-state index contributed by atoms with van der Waals surface area (Å²) in [5.74, 6) is -0.0460. The third-order valence-corrected chi connectivity index (χ3v) is 3.06. The van der Waals surface area contributed by atoms with Crippen LogP contribution in [0.5, 0.6) is 0 Å². The number of thioether (sulfide) groups is 1. The standard InChI is InChI=1S/C13H17NO2S/c1-4-17-11-7-5-6-10(12(11)13(15)16)14-8-9(2)3/h5-7,14H,2,4,8H2,1,3H3,(H,15,16). The lowest BCUT2D eigenvalue weighted by atomic mass is 10.1. The van der Waals surface area contributed by atoms with Crippen LogP contribution in [0.25, 0.3) is 0 Å². The summed E-state index contributed by atoms with van der Waals surface area (Å²) in [7, 11) is 0. The van der Waals surface area contributed by atoms with Gasteiger partial charge in [-0.2, -0.15) is 0 Å². The fourth-order valence-electron chi connectivity index (χ4n) is 1.42. The molecule has 0 fully saturated rings. The third kappa shape index (κ3) is 3.82. The van der Waals surface area contributed by atoms with Gasteiger partial charge in [-0.3, -0.25) is 0 Å². The summed E-state index contributed by atoms with van der Waals surface area (Å²) in [4.78, 5) is 12.1. The van der Waals surface area contributed by atoms with Crippen LogP contribution in [0, 0.1) is 0 Å². The smallest absolute Gasteiger partial charge is 0.338 e. The van der Waals surface area contributed by atoms with Crippen LogP contribution in [0.1, 0.15) is 24.2 Å². The van der Waals surface area contributed by atoms with Crippen molar-refractivity contribution in [3.63, 3.8) is 0 Å². The van der Waals surface area contributed by atoms with Crippen molar-refractivity contribution in [1.82, 2.24) is 0 Å². The molecule has 0 aliphatic heterocycles. The van der Waals surface area contributed by atoms with Gasteiger partial charge in [-0.05, 0) is 24.8 Å². The Balaban J connectivity index is 3.06. The number of carboxylic acid groups (broad SMARTS) is 1. The van der Waals surface area contributed by atoms with Crippen molar-refractivity contribution in [2.45, 2.75) is 18.7 Å². The number of rotatable bonds is 6. The Kier molecular flexibility index (Phi) is 5.10. The number of hydrogen-bond acceptors (Lipinski definition) is 3. The Hall–Kier alpha value is -1.42. The van der Waals surface area contributed by atoms with Gasteiger partial charge in [-0.25, -0.2) is 4.79 Å². The van der Waals surface area contributed by atoms with Crippen molar-refractivity contribution >= 4 is 23.4 Å². The molecule has 0 amide bonds. The summed E-state index contributed by atoms with van der Waals surface area (Å²) in [5.41, 5.74) is 1.97. The highest BCUT2D eigenvalue weighted by atomic mass is 32.2. The number of nitrogens with one attached hydrogen (secondary N) is 1. The largest absolute Gasteiger partial charge is 0.478 e. The van der Waals surface area contributed by atoms with Gasteiger partial charge in [0.1, 0.15) is 0 Å². The highest BCUT2D eigenvalue weighted by Crippen LogP contribution is 2.28. The van der Waals surface area contributed by atoms with E-state index in [0.717, 1.165) is 16.2 Å². The van der Waals surface area contributed by atoms with Gasteiger partial charge in [-0.15, -0.1) is 11.8 Å². The van der Waals surface area contributed by atoms with Crippen LogP contribution >= 0.6 is 11.8 Å². The van der Waals surface area contributed by atoms with Gasteiger partial charge in [-0.1, -0.05) is 25.1 Å². The van der Waals surface area contributed by atoms with E-state index in [4.69, 9.17) is 0 Å². The Labute approximate surface area is 106 Å². The van der Waals surface area contributed by atoms with Crippen LogP contribution in [0.15, 0.2) is 35.2 Å². The molecule has 17 heavy (non-hydrogen) atoms. The highest BCUT2D eigenvalue weighted by Gasteiger charge is 2.14. The number of aromatic carboxylic acids is 1. The van der Waals surface area contributed by atoms with Crippen molar-refractivity contribution < 1.29 is 9.90 Å². The molecule has 3 nitrogen and oxygen atoms in total. The van der Waals surface area contributed by atoms with E-state index in [1.165, 1.54) is 11.8 Å². The molecule has 1 aromatic carbocycles. The van der Waals surface area contributed by atoms with Gasteiger partial charge in [0, 0.05) is 11.4 Å². The summed E-state index contributed by atoms with van der Waals surface area (Å²) in [5, 5.41) is 12.4. The predicted molar refractivity (Wildman–Crippen MR) is 73.1 cm³/mol. The summed E-state index contributed by atoms with van der Waals surface area (Å²) < 4.78 is 0. The van der Waals surface area contributed by atoms with Crippen LogP contribution in [0.2, 0.25) is 0 Å². The average Bonchev–Trinajstić information content (AvgIpc) is 2.26. The minimum Gasteiger partial charge on any atom is -0.478 e. The molecule has 0 bridgehead atoms. The first-order valence-electron chi connectivity index (χ1n) is 5.43. The maximum absolute atomic E-state index is 11.3. The van der Waals surface area contributed by atoms with E-state index in [1.54, 1.807) is 6.07 Å². The fraction of sp³-hybridized carbons (Fsp3) is 0.308. The molecule has 0 unspecified atom stereocenters. The number of hydrogen-bond donors (Lipinski definition) is 2. The number of carboxylic acids is 1. The molecule has 0 aliphatic carbocycles. The van der Waals surface area contributed by atoms with Gasteiger partial charge >= 0.3 is 5.97 Å². The zero-order chi connectivity index (χ0) is 12.8. The molecule has 0 radical (unpaired) electrons. The van der Waals surface area contributed by atoms with E-state index in [-0.39, 0.29) is 0 Å². The average molecular weight is 251 g/mol. The molecule has 0 heterocycles. The maximum atomic E-state index is 11.3. The first-order valence-corrected chi connectivity index (χ1v) is 6.42. The first kappa shape index (κ1) is 13.6. The van der Waals surface area contributed by atoms with E-state index in [2.05, 4.69) is 11.9 Å². The van der Waals surface area contributed by atoms with Crippen molar-refractivity contribution in [2.75, 3.05) is 17.6 Å². The highest BCUT2D eigenvalue weighted by molar-refractivity contribution is 7.99. The van der Waals surface area contributed by atoms with Crippen molar-refractivity contribution in [3.05, 3.63) is 35.9 Å². The second kappa shape index (κ2) is 6.35.